The number of carbonyl (C=O) groups is 2. The lowest BCUT2D eigenvalue weighted by atomic mass is 10.0. The normalized spacial score (nSPS) is 15.6. The van der Waals surface area contributed by atoms with Crippen molar-refractivity contribution >= 4 is 29.0 Å². The van der Waals surface area contributed by atoms with E-state index in [2.05, 4.69) is 17.4 Å². The summed E-state index contributed by atoms with van der Waals surface area (Å²) < 4.78 is 5.78. The van der Waals surface area contributed by atoms with Gasteiger partial charge in [0.05, 0.1) is 4.91 Å². The molecule has 2 aromatic carbocycles. The highest BCUT2D eigenvalue weighted by Crippen LogP contribution is 2.29. The Hall–Kier alpha value is -3.05. The smallest absolute Gasteiger partial charge is 0.290 e. The number of imide groups is 1. The van der Waals surface area contributed by atoms with Crippen LogP contribution in [0.4, 0.5) is 4.79 Å². The van der Waals surface area contributed by atoms with Crippen molar-refractivity contribution in [2.75, 3.05) is 0 Å². The van der Waals surface area contributed by atoms with Crippen LogP contribution < -0.4 is 5.32 Å². The first-order valence-electron chi connectivity index (χ1n) is 7.69. The molecule has 0 unspecified atom stereocenters. The fraction of sp³-hybridized carbons (Fsp3) is 0. The van der Waals surface area contributed by atoms with Gasteiger partial charge < -0.3 is 4.42 Å². The minimum absolute atomic E-state index is 0.338. The van der Waals surface area contributed by atoms with Crippen molar-refractivity contribution in [3.05, 3.63) is 77.4 Å². The van der Waals surface area contributed by atoms with Crippen LogP contribution in [0.15, 0.2) is 76.1 Å². The molecule has 3 aromatic rings. The van der Waals surface area contributed by atoms with Crippen LogP contribution in [-0.2, 0) is 4.79 Å². The van der Waals surface area contributed by atoms with Crippen LogP contribution in [0.2, 0.25) is 0 Å². The summed E-state index contributed by atoms with van der Waals surface area (Å²) in [7, 11) is 0. The van der Waals surface area contributed by atoms with E-state index in [1.54, 1.807) is 12.1 Å². The van der Waals surface area contributed by atoms with Crippen molar-refractivity contribution in [3.8, 4) is 22.5 Å². The Kier molecular flexibility index (Phi) is 3.99. The molecule has 0 radical (unpaired) electrons. The summed E-state index contributed by atoms with van der Waals surface area (Å²) >= 11 is 0.875. The Morgan fingerprint density at radius 1 is 0.800 bits per heavy atom. The van der Waals surface area contributed by atoms with Gasteiger partial charge >= 0.3 is 0 Å². The van der Waals surface area contributed by atoms with Gasteiger partial charge in [-0.15, -0.1) is 0 Å². The number of benzene rings is 2. The minimum Gasteiger partial charge on any atom is -0.457 e. The number of nitrogens with one attached hydrogen (secondary N) is 1. The summed E-state index contributed by atoms with van der Waals surface area (Å²) in [6, 6.07) is 21.9. The van der Waals surface area contributed by atoms with E-state index in [0.717, 1.165) is 28.5 Å². The van der Waals surface area contributed by atoms with Crippen LogP contribution in [-0.4, -0.2) is 11.1 Å². The summed E-state index contributed by atoms with van der Waals surface area (Å²) in [5, 5.41) is 1.86. The topological polar surface area (TPSA) is 59.3 Å². The molecule has 1 N–H and O–H groups in total. The molecule has 0 bridgehead atoms. The van der Waals surface area contributed by atoms with Crippen LogP contribution in [0.25, 0.3) is 28.5 Å². The number of carbonyl (C=O) groups excluding carboxylic acids is 2. The van der Waals surface area contributed by atoms with Crippen LogP contribution in [0, 0.1) is 0 Å². The SMILES string of the molecule is O=C1NC(=O)C(=Cc2ccc(-c3ccc(-c4ccccc4)cc3)o2)S1. The first kappa shape index (κ1) is 15.5. The molecular formula is C20H13NO3S. The van der Waals surface area contributed by atoms with Gasteiger partial charge in [0.15, 0.2) is 0 Å². The van der Waals surface area contributed by atoms with Crippen LogP contribution in [0.5, 0.6) is 0 Å². The minimum atomic E-state index is -0.389. The second-order valence-corrected chi connectivity index (χ2v) is 6.51. The average Bonchev–Trinajstić information content (AvgIpc) is 3.22. The zero-order valence-corrected chi connectivity index (χ0v) is 13.9. The van der Waals surface area contributed by atoms with Gasteiger partial charge in [0.2, 0.25) is 0 Å². The summed E-state index contributed by atoms with van der Waals surface area (Å²) in [4.78, 5) is 23.1. The van der Waals surface area contributed by atoms with Gasteiger partial charge in [0.25, 0.3) is 11.1 Å². The van der Waals surface area contributed by atoms with E-state index in [1.807, 2.05) is 48.5 Å². The molecule has 0 saturated carbocycles. The van der Waals surface area contributed by atoms with Crippen molar-refractivity contribution in [2.24, 2.45) is 0 Å². The van der Waals surface area contributed by atoms with Crippen molar-refractivity contribution in [2.45, 2.75) is 0 Å². The molecule has 122 valence electrons. The Morgan fingerprint density at radius 3 is 2.16 bits per heavy atom. The zero-order valence-electron chi connectivity index (χ0n) is 13.1. The second-order valence-electron chi connectivity index (χ2n) is 5.50. The number of rotatable bonds is 3. The maximum atomic E-state index is 11.6. The molecule has 0 atom stereocenters. The standard InChI is InChI=1S/C20H13NO3S/c22-19-18(25-20(23)21-19)12-16-10-11-17(24-16)15-8-6-14(7-9-15)13-4-2-1-3-5-13/h1-12H,(H,21,22,23). The monoisotopic (exact) mass is 347 g/mol. The van der Waals surface area contributed by atoms with E-state index < -0.39 is 0 Å². The van der Waals surface area contributed by atoms with Gasteiger partial charge in [0.1, 0.15) is 11.5 Å². The Morgan fingerprint density at radius 2 is 1.48 bits per heavy atom. The molecule has 1 fully saturated rings. The van der Waals surface area contributed by atoms with Crippen molar-refractivity contribution < 1.29 is 14.0 Å². The molecule has 2 heterocycles. The quantitative estimate of drug-likeness (QED) is 0.682. The largest absolute Gasteiger partial charge is 0.457 e. The number of furan rings is 1. The van der Waals surface area contributed by atoms with Crippen molar-refractivity contribution in [1.82, 2.24) is 5.32 Å². The number of thioether (sulfide) groups is 1. The van der Waals surface area contributed by atoms with Crippen molar-refractivity contribution in [1.29, 1.82) is 0 Å². The molecule has 0 spiro atoms. The lowest BCUT2D eigenvalue weighted by Crippen LogP contribution is -2.17. The zero-order chi connectivity index (χ0) is 17.2. The van der Waals surface area contributed by atoms with Crippen LogP contribution in [0.3, 0.4) is 0 Å². The average molecular weight is 347 g/mol. The molecule has 1 aromatic heterocycles. The predicted octanol–water partition coefficient (Wildman–Crippen LogP) is 4.94. The fourth-order valence-electron chi connectivity index (χ4n) is 2.59. The Balaban J connectivity index is 1.57. The second kappa shape index (κ2) is 6.45. The molecule has 5 heteroatoms. The van der Waals surface area contributed by atoms with Gasteiger partial charge in [-0.1, -0.05) is 54.6 Å². The lowest BCUT2D eigenvalue weighted by Gasteiger charge is -2.02. The first-order valence-corrected chi connectivity index (χ1v) is 8.51. The fourth-order valence-corrected chi connectivity index (χ4v) is 3.26. The summed E-state index contributed by atoms with van der Waals surface area (Å²) in [6.07, 6.45) is 1.58. The van der Waals surface area contributed by atoms with Gasteiger partial charge in [-0.05, 0) is 35.0 Å². The van der Waals surface area contributed by atoms with E-state index >= 15 is 0 Å². The van der Waals surface area contributed by atoms with E-state index in [0.29, 0.717) is 16.4 Å². The van der Waals surface area contributed by atoms with Crippen molar-refractivity contribution in [3.63, 3.8) is 0 Å². The Labute approximate surface area is 148 Å². The maximum Gasteiger partial charge on any atom is 0.290 e. The van der Waals surface area contributed by atoms with Crippen LogP contribution in [0.1, 0.15) is 5.76 Å². The molecule has 1 saturated heterocycles. The highest BCUT2D eigenvalue weighted by Gasteiger charge is 2.25. The van der Waals surface area contributed by atoms with Gasteiger partial charge in [0, 0.05) is 11.6 Å². The van der Waals surface area contributed by atoms with Gasteiger partial charge in [-0.2, -0.15) is 0 Å². The number of amides is 2. The van der Waals surface area contributed by atoms with Gasteiger partial charge in [-0.3, -0.25) is 14.9 Å². The van der Waals surface area contributed by atoms with Crippen LogP contribution >= 0.6 is 11.8 Å². The highest BCUT2D eigenvalue weighted by molar-refractivity contribution is 8.18. The predicted molar refractivity (Wildman–Crippen MR) is 98.7 cm³/mol. The number of hydrogen-bond donors (Lipinski definition) is 1. The number of hydrogen-bond acceptors (Lipinski definition) is 4. The van der Waals surface area contributed by atoms with E-state index in [9.17, 15) is 9.59 Å². The molecular weight excluding hydrogens is 334 g/mol. The third-order valence-corrected chi connectivity index (χ3v) is 4.63. The first-order chi connectivity index (χ1) is 12.2. The third-order valence-electron chi connectivity index (χ3n) is 3.82. The van der Waals surface area contributed by atoms with Gasteiger partial charge in [-0.25, -0.2) is 0 Å². The lowest BCUT2D eigenvalue weighted by molar-refractivity contribution is -0.115. The molecule has 4 rings (SSSR count). The van der Waals surface area contributed by atoms with E-state index in [1.165, 1.54) is 0 Å². The molecule has 4 nitrogen and oxygen atoms in total. The molecule has 25 heavy (non-hydrogen) atoms. The molecule has 1 aliphatic rings. The summed E-state index contributed by atoms with van der Waals surface area (Å²) in [6.45, 7) is 0. The molecule has 2 amide bonds. The van der Waals surface area contributed by atoms with E-state index in [4.69, 9.17) is 4.42 Å². The Bertz CT molecular complexity index is 972. The highest BCUT2D eigenvalue weighted by atomic mass is 32.2. The third kappa shape index (κ3) is 3.27. The summed E-state index contributed by atoms with van der Waals surface area (Å²) in [5.74, 6) is 0.857. The van der Waals surface area contributed by atoms with E-state index in [-0.39, 0.29) is 11.1 Å². The molecule has 1 aliphatic heterocycles. The molecule has 0 aliphatic carbocycles. The summed E-state index contributed by atoms with van der Waals surface area (Å²) in [5.41, 5.74) is 3.24. The maximum absolute atomic E-state index is 11.6.